The predicted octanol–water partition coefficient (Wildman–Crippen LogP) is 1.70. The van der Waals surface area contributed by atoms with E-state index in [-0.39, 0.29) is 7.43 Å². The summed E-state index contributed by atoms with van der Waals surface area (Å²) in [6, 6.07) is 0. The number of nitrogens with zero attached hydrogens (tertiary/aromatic N) is 2. The minimum absolute atomic E-state index is 0. The number of hydrogen-bond donors (Lipinski definition) is 1. The Balaban J connectivity index is 0.00000144. The van der Waals surface area contributed by atoms with Gasteiger partial charge in [0.05, 0.1) is 0 Å². The van der Waals surface area contributed by atoms with Crippen molar-refractivity contribution >= 4 is 5.96 Å². The van der Waals surface area contributed by atoms with Gasteiger partial charge in [0.2, 0.25) is 0 Å². The van der Waals surface area contributed by atoms with E-state index in [1.807, 2.05) is 0 Å². The normalized spacial score (nSPS) is 16.2. The van der Waals surface area contributed by atoms with E-state index in [1.165, 1.54) is 6.42 Å². The van der Waals surface area contributed by atoms with Gasteiger partial charge in [0.15, 0.2) is 5.96 Å². The fourth-order valence-electron chi connectivity index (χ4n) is 1.36. The van der Waals surface area contributed by atoms with Crippen LogP contribution in [-0.2, 0) is 0 Å². The van der Waals surface area contributed by atoms with Gasteiger partial charge in [-0.3, -0.25) is 4.99 Å². The molecule has 3 heteroatoms. The minimum Gasteiger partial charge on any atom is -0.356 e. The zero-order valence-corrected chi connectivity index (χ0v) is 8.14. The molecule has 0 fully saturated rings. The number of guanidine groups is 1. The molecule has 1 rings (SSSR count). The summed E-state index contributed by atoms with van der Waals surface area (Å²) in [5.41, 5.74) is 0. The summed E-state index contributed by atoms with van der Waals surface area (Å²) in [5.74, 6) is 1.10. The quantitative estimate of drug-likeness (QED) is 0.725. The molecule has 78 valence electrons. The van der Waals surface area contributed by atoms with Crippen LogP contribution in [0, 0.1) is 0 Å². The van der Waals surface area contributed by atoms with E-state index in [0.29, 0.717) is 0 Å². The fraction of sp³-hybridized carbons (Fsp3) is 0.900. The lowest BCUT2D eigenvalue weighted by atomic mass is 10.3. The number of nitrogens with one attached hydrogen (secondary N) is 1. The molecule has 3 nitrogen and oxygen atoms in total. The molecule has 0 amide bonds. The van der Waals surface area contributed by atoms with Gasteiger partial charge in [-0.1, -0.05) is 14.4 Å². The molecule has 0 aromatic carbocycles. The van der Waals surface area contributed by atoms with Crippen molar-refractivity contribution in [3.8, 4) is 0 Å². The predicted molar refractivity (Wildman–Crippen MR) is 59.2 cm³/mol. The van der Waals surface area contributed by atoms with Crippen molar-refractivity contribution in [3.05, 3.63) is 0 Å². The molecule has 1 aliphatic rings. The lowest BCUT2D eigenvalue weighted by molar-refractivity contribution is 0.396. The van der Waals surface area contributed by atoms with E-state index in [4.69, 9.17) is 0 Å². The lowest BCUT2D eigenvalue weighted by Crippen LogP contribution is -2.44. The van der Waals surface area contributed by atoms with Crippen LogP contribution in [0.15, 0.2) is 4.99 Å². The number of hydrogen-bond acceptors (Lipinski definition) is 3. The van der Waals surface area contributed by atoms with Crippen LogP contribution in [0.3, 0.4) is 0 Å². The van der Waals surface area contributed by atoms with Gasteiger partial charge in [0.25, 0.3) is 0 Å². The first-order valence-corrected chi connectivity index (χ1v) is 4.91. The second kappa shape index (κ2) is 6.75. The van der Waals surface area contributed by atoms with Crippen molar-refractivity contribution in [1.82, 2.24) is 10.2 Å². The van der Waals surface area contributed by atoms with Gasteiger partial charge < -0.3 is 10.2 Å². The average molecular weight is 185 g/mol. The van der Waals surface area contributed by atoms with E-state index in [9.17, 15) is 0 Å². The third-order valence-electron chi connectivity index (χ3n) is 2.06. The highest BCUT2D eigenvalue weighted by Gasteiger charge is 2.11. The minimum atomic E-state index is 0. The molecule has 0 radical (unpaired) electrons. The SMILES string of the molecule is C.CCCNC1=NCCCN1CC. The first kappa shape index (κ1) is 12.3. The summed E-state index contributed by atoms with van der Waals surface area (Å²) in [4.78, 5) is 6.76. The van der Waals surface area contributed by atoms with Crippen molar-refractivity contribution < 1.29 is 0 Å². The summed E-state index contributed by atoms with van der Waals surface area (Å²) in [6.07, 6.45) is 2.36. The smallest absolute Gasteiger partial charge is 0.193 e. The van der Waals surface area contributed by atoms with Crippen molar-refractivity contribution in [3.63, 3.8) is 0 Å². The molecule has 0 spiro atoms. The van der Waals surface area contributed by atoms with Crippen LogP contribution < -0.4 is 5.32 Å². The zero-order chi connectivity index (χ0) is 8.81. The molecule has 0 atom stereocenters. The third-order valence-corrected chi connectivity index (χ3v) is 2.06. The molecule has 13 heavy (non-hydrogen) atoms. The van der Waals surface area contributed by atoms with Crippen LogP contribution in [0.1, 0.15) is 34.1 Å². The molecular weight excluding hydrogens is 162 g/mol. The van der Waals surface area contributed by atoms with Gasteiger partial charge in [-0.25, -0.2) is 0 Å². The van der Waals surface area contributed by atoms with Crippen LogP contribution in [0.25, 0.3) is 0 Å². The second-order valence-electron chi connectivity index (χ2n) is 3.07. The highest BCUT2D eigenvalue weighted by Crippen LogP contribution is 2.00. The Morgan fingerprint density at radius 3 is 2.85 bits per heavy atom. The maximum absolute atomic E-state index is 4.45. The Hall–Kier alpha value is -0.730. The van der Waals surface area contributed by atoms with Crippen molar-refractivity contribution in [2.24, 2.45) is 4.99 Å². The van der Waals surface area contributed by atoms with Crippen LogP contribution in [0.4, 0.5) is 0 Å². The van der Waals surface area contributed by atoms with Crippen LogP contribution in [0.5, 0.6) is 0 Å². The molecule has 0 saturated carbocycles. The van der Waals surface area contributed by atoms with Crippen molar-refractivity contribution in [2.75, 3.05) is 26.2 Å². The summed E-state index contributed by atoms with van der Waals surface area (Å²) in [7, 11) is 0. The Bertz CT molecular complexity index is 154. The van der Waals surface area contributed by atoms with Crippen LogP contribution in [-0.4, -0.2) is 37.0 Å². The molecule has 1 heterocycles. The standard InChI is InChI=1S/C9H19N3.CH4/c1-3-6-10-9-11-7-5-8-12(9)4-2;/h3-8H2,1-2H3,(H,10,11);1H4. The number of aliphatic imine (C=N–C) groups is 1. The van der Waals surface area contributed by atoms with Gasteiger partial charge in [-0.15, -0.1) is 0 Å². The summed E-state index contributed by atoms with van der Waals surface area (Å²) >= 11 is 0. The van der Waals surface area contributed by atoms with Gasteiger partial charge in [-0.05, 0) is 19.8 Å². The third kappa shape index (κ3) is 3.66. The largest absolute Gasteiger partial charge is 0.356 e. The zero-order valence-electron chi connectivity index (χ0n) is 8.14. The molecule has 0 aliphatic carbocycles. The maximum atomic E-state index is 4.45. The van der Waals surface area contributed by atoms with Gasteiger partial charge in [0.1, 0.15) is 0 Å². The Morgan fingerprint density at radius 2 is 2.23 bits per heavy atom. The Labute approximate surface area is 82.2 Å². The summed E-state index contributed by atoms with van der Waals surface area (Å²) in [6.45, 7) is 8.60. The monoisotopic (exact) mass is 185 g/mol. The fourth-order valence-corrected chi connectivity index (χ4v) is 1.36. The lowest BCUT2D eigenvalue weighted by Gasteiger charge is -2.28. The molecule has 1 aliphatic heterocycles. The van der Waals surface area contributed by atoms with Crippen molar-refractivity contribution in [1.29, 1.82) is 0 Å². The van der Waals surface area contributed by atoms with Gasteiger partial charge in [0, 0.05) is 26.2 Å². The van der Waals surface area contributed by atoms with Crippen LogP contribution in [0.2, 0.25) is 0 Å². The first-order chi connectivity index (χ1) is 5.88. The Kier molecular flexibility index (Phi) is 6.37. The summed E-state index contributed by atoms with van der Waals surface area (Å²) in [5, 5.41) is 3.35. The molecule has 0 saturated heterocycles. The van der Waals surface area contributed by atoms with E-state index in [1.54, 1.807) is 0 Å². The van der Waals surface area contributed by atoms with E-state index < -0.39 is 0 Å². The van der Waals surface area contributed by atoms with E-state index in [2.05, 4.69) is 29.1 Å². The van der Waals surface area contributed by atoms with E-state index >= 15 is 0 Å². The molecule has 0 aromatic heterocycles. The van der Waals surface area contributed by atoms with Crippen LogP contribution >= 0.6 is 0 Å². The first-order valence-electron chi connectivity index (χ1n) is 4.91. The molecule has 1 N–H and O–H groups in total. The molecule has 0 aromatic rings. The Morgan fingerprint density at radius 1 is 1.46 bits per heavy atom. The maximum Gasteiger partial charge on any atom is 0.193 e. The van der Waals surface area contributed by atoms with Gasteiger partial charge >= 0.3 is 0 Å². The summed E-state index contributed by atoms with van der Waals surface area (Å²) < 4.78 is 0. The van der Waals surface area contributed by atoms with E-state index in [0.717, 1.165) is 38.6 Å². The number of rotatable bonds is 3. The van der Waals surface area contributed by atoms with Gasteiger partial charge in [-0.2, -0.15) is 0 Å². The van der Waals surface area contributed by atoms with Crippen molar-refractivity contribution in [2.45, 2.75) is 34.1 Å². The second-order valence-corrected chi connectivity index (χ2v) is 3.07. The highest BCUT2D eigenvalue weighted by atomic mass is 15.3. The molecular formula is C10H23N3. The average Bonchev–Trinajstić information content (AvgIpc) is 2.15. The topological polar surface area (TPSA) is 27.6 Å². The molecule has 0 unspecified atom stereocenters. The highest BCUT2D eigenvalue weighted by molar-refractivity contribution is 5.80. The molecule has 0 bridgehead atoms.